The average Bonchev–Trinajstić information content (AvgIpc) is 3.24. The molecule has 0 saturated carbocycles. The Morgan fingerprint density at radius 2 is 2.10 bits per heavy atom. The van der Waals surface area contributed by atoms with Crippen LogP contribution in [0.3, 0.4) is 0 Å². The van der Waals surface area contributed by atoms with Crippen LogP contribution in [0.25, 0.3) is 15.9 Å². The van der Waals surface area contributed by atoms with Gasteiger partial charge in [-0.3, -0.25) is 4.79 Å². The van der Waals surface area contributed by atoms with E-state index >= 15 is 0 Å². The Morgan fingerprint density at radius 1 is 1.31 bits per heavy atom. The molecular weight excluding hydrogens is 386 g/mol. The lowest BCUT2D eigenvalue weighted by molar-refractivity contribution is -0.119. The first-order valence-corrected chi connectivity index (χ1v) is 10.5. The minimum absolute atomic E-state index is 0.0953. The minimum atomic E-state index is -0.432. The van der Waals surface area contributed by atoms with Crippen LogP contribution in [0.15, 0.2) is 41.5 Å². The van der Waals surface area contributed by atoms with Crippen molar-refractivity contribution in [2.45, 2.75) is 32.7 Å². The van der Waals surface area contributed by atoms with Crippen molar-refractivity contribution in [1.29, 1.82) is 0 Å². The zero-order chi connectivity index (χ0) is 20.1. The number of carbonyl (C=O) groups excluding carboxylic acids is 1. The fourth-order valence-corrected chi connectivity index (χ4v) is 5.38. The molecule has 1 unspecified atom stereocenters. The summed E-state index contributed by atoms with van der Waals surface area (Å²) in [5.74, 6) is 0.471. The second kappa shape index (κ2) is 6.81. The van der Waals surface area contributed by atoms with Gasteiger partial charge in [-0.15, -0.1) is 11.3 Å². The number of benzene rings is 1. The van der Waals surface area contributed by atoms with E-state index in [0.717, 1.165) is 35.2 Å². The van der Waals surface area contributed by atoms with Gasteiger partial charge in [0.15, 0.2) is 5.65 Å². The van der Waals surface area contributed by atoms with E-state index in [2.05, 4.69) is 16.9 Å². The first-order valence-electron chi connectivity index (χ1n) is 9.73. The molecule has 0 aliphatic heterocycles. The van der Waals surface area contributed by atoms with E-state index in [0.29, 0.717) is 11.6 Å². The predicted molar refractivity (Wildman–Crippen MR) is 114 cm³/mol. The molecule has 1 aliphatic carbocycles. The molecule has 7 nitrogen and oxygen atoms in total. The number of anilines is 1. The number of thiophene rings is 1. The number of hydrogen-bond donors (Lipinski definition) is 0. The molecule has 1 aliphatic rings. The van der Waals surface area contributed by atoms with Gasteiger partial charge in [-0.05, 0) is 42.9 Å². The molecule has 29 heavy (non-hydrogen) atoms. The van der Waals surface area contributed by atoms with E-state index in [4.69, 9.17) is 0 Å². The highest BCUT2D eigenvalue weighted by Gasteiger charge is 2.24. The highest BCUT2D eigenvalue weighted by molar-refractivity contribution is 7.19. The zero-order valence-electron chi connectivity index (χ0n) is 16.3. The molecule has 3 aromatic heterocycles. The molecule has 148 valence electrons. The highest BCUT2D eigenvalue weighted by Crippen LogP contribution is 2.38. The van der Waals surface area contributed by atoms with Crippen molar-refractivity contribution in [1.82, 2.24) is 19.2 Å². The maximum atomic E-state index is 12.8. The third-order valence-corrected chi connectivity index (χ3v) is 6.87. The summed E-state index contributed by atoms with van der Waals surface area (Å²) in [4.78, 5) is 38.1. The van der Waals surface area contributed by atoms with E-state index in [9.17, 15) is 9.59 Å². The van der Waals surface area contributed by atoms with Crippen LogP contribution in [0.2, 0.25) is 0 Å². The Hall–Kier alpha value is -3.00. The monoisotopic (exact) mass is 407 g/mol. The molecule has 1 aromatic carbocycles. The van der Waals surface area contributed by atoms with Gasteiger partial charge in [-0.2, -0.15) is 4.98 Å². The van der Waals surface area contributed by atoms with Crippen LogP contribution in [0, 0.1) is 5.92 Å². The van der Waals surface area contributed by atoms with Crippen LogP contribution in [0.4, 0.5) is 5.69 Å². The first kappa shape index (κ1) is 18.1. The molecular formula is C21H21N5O2S. The van der Waals surface area contributed by atoms with Crippen molar-refractivity contribution in [3.8, 4) is 0 Å². The van der Waals surface area contributed by atoms with Crippen molar-refractivity contribution in [2.75, 3.05) is 11.9 Å². The number of carbonyl (C=O) groups is 1. The Kier molecular flexibility index (Phi) is 4.24. The van der Waals surface area contributed by atoms with Crippen molar-refractivity contribution in [3.05, 3.63) is 57.6 Å². The third kappa shape index (κ3) is 2.95. The maximum Gasteiger partial charge on any atom is 0.365 e. The van der Waals surface area contributed by atoms with Gasteiger partial charge in [0.2, 0.25) is 5.91 Å². The predicted octanol–water partition coefficient (Wildman–Crippen LogP) is 2.89. The molecule has 0 spiro atoms. The molecule has 1 atom stereocenters. The van der Waals surface area contributed by atoms with Crippen LogP contribution in [-0.2, 0) is 24.2 Å². The Morgan fingerprint density at radius 3 is 2.90 bits per heavy atom. The van der Waals surface area contributed by atoms with E-state index in [1.807, 2.05) is 30.3 Å². The normalized spacial score (nSPS) is 16.3. The molecule has 1 amide bonds. The van der Waals surface area contributed by atoms with Gasteiger partial charge in [0, 0.05) is 17.6 Å². The molecule has 0 saturated heterocycles. The van der Waals surface area contributed by atoms with Gasteiger partial charge in [0.1, 0.15) is 17.7 Å². The maximum absolute atomic E-state index is 12.8. The topological polar surface area (TPSA) is 72.5 Å². The Bertz CT molecular complexity index is 1290. The highest BCUT2D eigenvalue weighted by atomic mass is 32.1. The van der Waals surface area contributed by atoms with Crippen molar-refractivity contribution in [2.24, 2.45) is 5.92 Å². The molecule has 0 N–H and O–H groups in total. The largest absolute Gasteiger partial charge is 0.365 e. The number of rotatable bonds is 3. The summed E-state index contributed by atoms with van der Waals surface area (Å²) < 4.78 is 2.99. The lowest BCUT2D eigenvalue weighted by Crippen LogP contribution is -2.34. The van der Waals surface area contributed by atoms with Crippen LogP contribution in [0.1, 0.15) is 23.8 Å². The van der Waals surface area contributed by atoms with Gasteiger partial charge in [-0.25, -0.2) is 19.0 Å². The number of para-hydroxylation sites is 1. The number of fused-ring (bicyclic) bond motifs is 5. The van der Waals surface area contributed by atoms with Crippen LogP contribution in [-0.4, -0.2) is 32.1 Å². The minimum Gasteiger partial charge on any atom is -0.314 e. The second-order valence-electron chi connectivity index (χ2n) is 7.68. The van der Waals surface area contributed by atoms with E-state index in [1.165, 1.54) is 15.1 Å². The van der Waals surface area contributed by atoms with Crippen LogP contribution >= 0.6 is 11.3 Å². The van der Waals surface area contributed by atoms with Gasteiger partial charge in [-0.1, -0.05) is 25.1 Å². The summed E-state index contributed by atoms with van der Waals surface area (Å²) in [7, 11) is 1.71. The number of aryl methyl sites for hydroxylation is 1. The molecule has 8 heteroatoms. The zero-order valence-corrected chi connectivity index (χ0v) is 17.1. The summed E-state index contributed by atoms with van der Waals surface area (Å²) >= 11 is 1.70. The quantitative estimate of drug-likeness (QED) is 0.524. The van der Waals surface area contributed by atoms with Gasteiger partial charge in [0.25, 0.3) is 0 Å². The summed E-state index contributed by atoms with van der Waals surface area (Å²) in [6, 6.07) is 9.37. The number of aromatic nitrogens is 4. The SMILES string of the molecule is CC1CCc2c(sc3ncn4c(nc(=O)n4CC(=O)N(C)c4ccccc4)c23)C1. The first-order chi connectivity index (χ1) is 14.0. The average molecular weight is 407 g/mol. The summed E-state index contributed by atoms with van der Waals surface area (Å²) in [6.07, 6.45) is 4.76. The molecule has 4 aromatic rings. The summed E-state index contributed by atoms with van der Waals surface area (Å²) in [6.45, 7) is 2.17. The second-order valence-corrected chi connectivity index (χ2v) is 8.77. The summed E-state index contributed by atoms with van der Waals surface area (Å²) in [5.41, 5.74) is 2.22. The van der Waals surface area contributed by atoms with Crippen molar-refractivity contribution >= 4 is 38.8 Å². The number of amides is 1. The number of nitrogens with zero attached hydrogens (tertiary/aromatic N) is 5. The Balaban J connectivity index is 1.57. The summed E-state index contributed by atoms with van der Waals surface area (Å²) in [5, 5.41) is 0.971. The molecule has 0 radical (unpaired) electrons. The molecule has 5 rings (SSSR count). The Labute approximate surface area is 171 Å². The van der Waals surface area contributed by atoms with Crippen LogP contribution in [0.5, 0.6) is 0 Å². The molecule has 0 fully saturated rings. The lowest BCUT2D eigenvalue weighted by atomic mass is 9.89. The smallest absolute Gasteiger partial charge is 0.314 e. The molecule has 0 bridgehead atoms. The van der Waals surface area contributed by atoms with E-state index < -0.39 is 5.69 Å². The number of likely N-dealkylation sites (N-methyl/N-ethyl adjacent to an activating group) is 1. The van der Waals surface area contributed by atoms with Gasteiger partial charge in [0.05, 0.1) is 5.39 Å². The van der Waals surface area contributed by atoms with Crippen molar-refractivity contribution < 1.29 is 4.79 Å². The fraction of sp³-hybridized carbons (Fsp3) is 0.333. The standard InChI is InChI=1S/C21H21N5O2S/c1-13-8-9-15-16(10-13)29-20-18(15)19-23-21(28)25(26(19)12-22-20)11-17(27)24(2)14-6-4-3-5-7-14/h3-7,12-13H,8-11H2,1-2H3. The fourth-order valence-electron chi connectivity index (χ4n) is 4.03. The van der Waals surface area contributed by atoms with Crippen LogP contribution < -0.4 is 10.6 Å². The van der Waals surface area contributed by atoms with Crippen molar-refractivity contribution in [3.63, 3.8) is 0 Å². The molecule has 3 heterocycles. The third-order valence-electron chi connectivity index (χ3n) is 5.70. The van der Waals surface area contributed by atoms with Gasteiger partial charge >= 0.3 is 5.69 Å². The van der Waals surface area contributed by atoms with E-state index in [-0.39, 0.29) is 12.5 Å². The van der Waals surface area contributed by atoms with Gasteiger partial charge < -0.3 is 4.90 Å². The van der Waals surface area contributed by atoms with E-state index in [1.54, 1.807) is 34.1 Å². The number of hydrogen-bond acceptors (Lipinski definition) is 5. The lowest BCUT2D eigenvalue weighted by Gasteiger charge is -2.18.